The van der Waals surface area contributed by atoms with Crippen molar-refractivity contribution >= 4 is 17.2 Å². The second-order valence-corrected chi connectivity index (χ2v) is 6.17. The molecule has 118 valence electrons. The molecule has 0 bridgehead atoms. The monoisotopic (exact) mass is 320 g/mol. The average Bonchev–Trinajstić information content (AvgIpc) is 3.17. The number of methoxy groups -OCH3 is 1. The minimum absolute atomic E-state index is 0.0197. The number of nitrogens with one attached hydrogen (secondary N) is 1. The number of imidazole rings is 1. The van der Waals surface area contributed by atoms with Crippen LogP contribution >= 0.6 is 11.3 Å². The second kappa shape index (κ2) is 7.04. The molecule has 0 saturated heterocycles. The van der Waals surface area contributed by atoms with Crippen LogP contribution in [-0.4, -0.2) is 47.2 Å². The Bertz CT molecular complexity index is 611. The van der Waals surface area contributed by atoms with Crippen LogP contribution in [0, 0.1) is 0 Å². The van der Waals surface area contributed by atoms with E-state index in [1.54, 1.807) is 24.8 Å². The SMILES string of the molecule is COCCNC(=O)[C@H]1CN(Cc2ccsc2)Cc2cncn21. The first-order chi connectivity index (χ1) is 10.8. The topological polar surface area (TPSA) is 59.4 Å². The van der Waals surface area contributed by atoms with E-state index in [-0.39, 0.29) is 11.9 Å². The van der Waals surface area contributed by atoms with Crippen LogP contribution in [0.2, 0.25) is 0 Å². The summed E-state index contributed by atoms with van der Waals surface area (Å²) >= 11 is 1.70. The third kappa shape index (κ3) is 3.37. The predicted octanol–water partition coefficient (Wildman–Crippen LogP) is 1.26. The predicted molar refractivity (Wildman–Crippen MR) is 84.6 cm³/mol. The van der Waals surface area contributed by atoms with Gasteiger partial charge in [-0.05, 0) is 22.4 Å². The van der Waals surface area contributed by atoms with Crippen LogP contribution < -0.4 is 5.32 Å². The Kier molecular flexibility index (Phi) is 4.87. The Morgan fingerprint density at radius 2 is 2.50 bits per heavy atom. The second-order valence-electron chi connectivity index (χ2n) is 5.39. The lowest BCUT2D eigenvalue weighted by atomic mass is 10.1. The highest BCUT2D eigenvalue weighted by Crippen LogP contribution is 2.23. The van der Waals surface area contributed by atoms with E-state index in [0.29, 0.717) is 19.7 Å². The summed E-state index contributed by atoms with van der Waals surface area (Å²) in [6, 6.07) is 1.89. The van der Waals surface area contributed by atoms with Gasteiger partial charge in [0, 0.05) is 39.5 Å². The highest BCUT2D eigenvalue weighted by atomic mass is 32.1. The van der Waals surface area contributed by atoms with E-state index < -0.39 is 0 Å². The van der Waals surface area contributed by atoms with Crippen molar-refractivity contribution < 1.29 is 9.53 Å². The van der Waals surface area contributed by atoms with E-state index >= 15 is 0 Å². The first-order valence-corrected chi connectivity index (χ1v) is 8.23. The fourth-order valence-corrected chi connectivity index (χ4v) is 3.39. The van der Waals surface area contributed by atoms with Crippen molar-refractivity contribution in [1.82, 2.24) is 19.8 Å². The van der Waals surface area contributed by atoms with Crippen LogP contribution in [0.5, 0.6) is 0 Å². The number of fused-ring (bicyclic) bond motifs is 1. The molecule has 6 nitrogen and oxygen atoms in total. The third-order valence-electron chi connectivity index (χ3n) is 3.79. The lowest BCUT2D eigenvalue weighted by Crippen LogP contribution is -2.44. The molecule has 3 heterocycles. The Morgan fingerprint density at radius 1 is 1.59 bits per heavy atom. The molecule has 0 fully saturated rings. The lowest BCUT2D eigenvalue weighted by Gasteiger charge is -2.33. The van der Waals surface area contributed by atoms with Crippen LogP contribution in [0.1, 0.15) is 17.3 Å². The standard InChI is InChI=1S/C15H20N4O2S/c1-21-4-3-17-15(20)14-9-18(7-12-2-5-22-10-12)8-13-6-16-11-19(13)14/h2,5-6,10-11,14H,3-4,7-9H2,1H3,(H,17,20)/t14-/m1/s1. The molecule has 0 aliphatic carbocycles. The van der Waals surface area contributed by atoms with Crippen molar-refractivity contribution in [3.8, 4) is 0 Å². The molecule has 0 spiro atoms. The van der Waals surface area contributed by atoms with Crippen molar-refractivity contribution in [2.24, 2.45) is 0 Å². The fraction of sp³-hybridized carbons (Fsp3) is 0.467. The van der Waals surface area contributed by atoms with Crippen molar-refractivity contribution in [1.29, 1.82) is 0 Å². The molecule has 0 aromatic carbocycles. The molecule has 2 aromatic heterocycles. The van der Waals surface area contributed by atoms with Gasteiger partial charge >= 0.3 is 0 Å². The quantitative estimate of drug-likeness (QED) is 0.814. The molecular weight excluding hydrogens is 300 g/mol. The normalized spacial score (nSPS) is 18.1. The Balaban J connectivity index is 1.70. The van der Waals surface area contributed by atoms with Crippen LogP contribution in [0.3, 0.4) is 0 Å². The van der Waals surface area contributed by atoms with Gasteiger partial charge in [-0.1, -0.05) is 0 Å². The van der Waals surface area contributed by atoms with E-state index in [9.17, 15) is 4.79 Å². The summed E-state index contributed by atoms with van der Waals surface area (Å²) < 4.78 is 6.96. The zero-order valence-electron chi connectivity index (χ0n) is 12.6. The molecule has 22 heavy (non-hydrogen) atoms. The number of hydrogen-bond donors (Lipinski definition) is 1. The number of ether oxygens (including phenoxy) is 1. The zero-order valence-corrected chi connectivity index (χ0v) is 13.4. The highest BCUT2D eigenvalue weighted by molar-refractivity contribution is 7.07. The maximum Gasteiger partial charge on any atom is 0.244 e. The molecule has 3 rings (SSSR count). The number of hydrogen-bond acceptors (Lipinski definition) is 5. The Hall–Kier alpha value is -1.70. The molecule has 1 atom stereocenters. The summed E-state index contributed by atoms with van der Waals surface area (Å²) in [4.78, 5) is 18.9. The number of nitrogens with zero attached hydrogens (tertiary/aromatic N) is 3. The van der Waals surface area contributed by atoms with Crippen LogP contribution in [0.15, 0.2) is 29.4 Å². The summed E-state index contributed by atoms with van der Waals surface area (Å²) in [5, 5.41) is 7.16. The van der Waals surface area contributed by atoms with Gasteiger partial charge in [0.05, 0.1) is 18.6 Å². The number of carbonyl (C=O) groups excluding carboxylic acids is 1. The van der Waals surface area contributed by atoms with Crippen molar-refractivity contribution in [3.63, 3.8) is 0 Å². The molecule has 0 saturated carbocycles. The summed E-state index contributed by atoms with van der Waals surface area (Å²) in [6.07, 6.45) is 3.59. The summed E-state index contributed by atoms with van der Waals surface area (Å²) in [6.45, 7) is 3.42. The highest BCUT2D eigenvalue weighted by Gasteiger charge is 2.29. The average molecular weight is 320 g/mol. The lowest BCUT2D eigenvalue weighted by molar-refractivity contribution is -0.125. The fourth-order valence-electron chi connectivity index (χ4n) is 2.73. The Labute approximate surface area is 133 Å². The van der Waals surface area contributed by atoms with Gasteiger partial charge < -0.3 is 14.6 Å². The summed E-state index contributed by atoms with van der Waals surface area (Å²) in [5.41, 5.74) is 2.37. The van der Waals surface area contributed by atoms with E-state index in [1.165, 1.54) is 5.56 Å². The van der Waals surface area contributed by atoms with E-state index in [2.05, 4.69) is 32.0 Å². The van der Waals surface area contributed by atoms with Gasteiger partial charge in [-0.25, -0.2) is 4.98 Å². The largest absolute Gasteiger partial charge is 0.383 e. The molecule has 1 amide bonds. The smallest absolute Gasteiger partial charge is 0.244 e. The molecular formula is C15H20N4O2S. The molecule has 1 aliphatic heterocycles. The number of carbonyl (C=O) groups is 1. The number of rotatable bonds is 6. The molecule has 0 unspecified atom stereocenters. The van der Waals surface area contributed by atoms with Gasteiger partial charge in [-0.15, -0.1) is 0 Å². The number of aromatic nitrogens is 2. The molecule has 7 heteroatoms. The number of amides is 1. The molecule has 2 aromatic rings. The van der Waals surface area contributed by atoms with E-state index in [0.717, 1.165) is 18.8 Å². The maximum atomic E-state index is 12.4. The van der Waals surface area contributed by atoms with Gasteiger partial charge in [-0.3, -0.25) is 9.69 Å². The third-order valence-corrected chi connectivity index (χ3v) is 4.53. The van der Waals surface area contributed by atoms with Crippen molar-refractivity contribution in [2.75, 3.05) is 26.8 Å². The minimum atomic E-state index is -0.234. The minimum Gasteiger partial charge on any atom is -0.383 e. The maximum absolute atomic E-state index is 12.4. The van der Waals surface area contributed by atoms with Crippen molar-refractivity contribution in [3.05, 3.63) is 40.6 Å². The van der Waals surface area contributed by atoms with Gasteiger partial charge in [0.25, 0.3) is 0 Å². The summed E-state index contributed by atoms with van der Waals surface area (Å²) in [7, 11) is 1.63. The zero-order chi connectivity index (χ0) is 15.4. The Morgan fingerprint density at radius 3 is 3.27 bits per heavy atom. The molecule has 0 radical (unpaired) electrons. The van der Waals surface area contributed by atoms with Gasteiger partial charge in [-0.2, -0.15) is 11.3 Å². The first kappa shape index (κ1) is 15.2. The van der Waals surface area contributed by atoms with Gasteiger partial charge in [0.2, 0.25) is 5.91 Å². The summed E-state index contributed by atoms with van der Waals surface area (Å²) in [5.74, 6) is 0.0197. The molecule has 1 aliphatic rings. The number of thiophene rings is 1. The van der Waals surface area contributed by atoms with Crippen LogP contribution in [0.25, 0.3) is 0 Å². The van der Waals surface area contributed by atoms with Crippen LogP contribution in [0.4, 0.5) is 0 Å². The van der Waals surface area contributed by atoms with E-state index in [1.807, 2.05) is 10.8 Å². The first-order valence-electron chi connectivity index (χ1n) is 7.28. The van der Waals surface area contributed by atoms with E-state index in [4.69, 9.17) is 4.74 Å². The van der Waals surface area contributed by atoms with Gasteiger partial charge in [0.1, 0.15) is 6.04 Å². The molecule has 1 N–H and O–H groups in total. The van der Waals surface area contributed by atoms with Gasteiger partial charge in [0.15, 0.2) is 0 Å². The van der Waals surface area contributed by atoms with Crippen molar-refractivity contribution in [2.45, 2.75) is 19.1 Å². The van der Waals surface area contributed by atoms with Crippen LogP contribution in [-0.2, 0) is 22.6 Å².